The molecular formula is C10H16ClN3. The summed E-state index contributed by atoms with van der Waals surface area (Å²) in [5.41, 5.74) is 1.09. The summed E-state index contributed by atoms with van der Waals surface area (Å²) in [7, 11) is 1.94. The van der Waals surface area contributed by atoms with Crippen molar-refractivity contribution in [2.75, 3.05) is 13.6 Å². The van der Waals surface area contributed by atoms with Crippen LogP contribution in [0.4, 0.5) is 0 Å². The van der Waals surface area contributed by atoms with E-state index in [1.807, 2.05) is 13.1 Å². The van der Waals surface area contributed by atoms with E-state index in [2.05, 4.69) is 22.5 Å². The first-order valence-corrected chi connectivity index (χ1v) is 5.08. The van der Waals surface area contributed by atoms with Gasteiger partial charge in [-0.1, -0.05) is 11.6 Å². The van der Waals surface area contributed by atoms with Gasteiger partial charge in [0.1, 0.15) is 0 Å². The molecule has 1 heterocycles. The molecular weight excluding hydrogens is 198 g/mol. The van der Waals surface area contributed by atoms with E-state index in [0.717, 1.165) is 23.7 Å². The molecule has 1 aromatic heterocycles. The zero-order valence-corrected chi connectivity index (χ0v) is 9.30. The zero-order valence-electron chi connectivity index (χ0n) is 8.55. The quantitative estimate of drug-likeness (QED) is 0.777. The molecule has 1 rings (SSSR count). The van der Waals surface area contributed by atoms with Gasteiger partial charge in [-0.2, -0.15) is 0 Å². The highest BCUT2D eigenvalue weighted by Gasteiger charge is 2.02. The first kappa shape index (κ1) is 11.4. The minimum Gasteiger partial charge on any atom is -0.318 e. The molecule has 14 heavy (non-hydrogen) atoms. The van der Waals surface area contributed by atoms with E-state index in [1.54, 1.807) is 12.4 Å². The molecule has 78 valence electrons. The lowest BCUT2D eigenvalue weighted by Crippen LogP contribution is -2.34. The van der Waals surface area contributed by atoms with Crippen molar-refractivity contribution in [3.05, 3.63) is 29.0 Å². The normalized spacial score (nSPS) is 12.8. The van der Waals surface area contributed by atoms with Crippen LogP contribution in [-0.2, 0) is 6.54 Å². The van der Waals surface area contributed by atoms with Crippen LogP contribution >= 0.6 is 11.6 Å². The minimum atomic E-state index is 0.434. The Balaban J connectivity index is 2.41. The van der Waals surface area contributed by atoms with Gasteiger partial charge in [-0.3, -0.25) is 4.98 Å². The molecule has 0 saturated carbocycles. The molecule has 0 aliphatic carbocycles. The topological polar surface area (TPSA) is 37.0 Å². The Hall–Kier alpha value is -0.640. The summed E-state index contributed by atoms with van der Waals surface area (Å²) < 4.78 is 0. The molecule has 0 aliphatic rings. The third-order valence-corrected chi connectivity index (χ3v) is 2.35. The highest BCUT2D eigenvalue weighted by atomic mass is 35.5. The Morgan fingerprint density at radius 2 is 2.36 bits per heavy atom. The molecule has 1 aromatic rings. The Bertz CT molecular complexity index is 278. The van der Waals surface area contributed by atoms with Gasteiger partial charge in [0, 0.05) is 31.5 Å². The minimum absolute atomic E-state index is 0.434. The summed E-state index contributed by atoms with van der Waals surface area (Å²) in [5.74, 6) is 0. The summed E-state index contributed by atoms with van der Waals surface area (Å²) in [5, 5.41) is 7.20. The molecule has 1 atom stereocenters. The number of hydrogen-bond acceptors (Lipinski definition) is 3. The number of halogens is 1. The van der Waals surface area contributed by atoms with Gasteiger partial charge >= 0.3 is 0 Å². The molecule has 0 aromatic carbocycles. The smallest absolute Gasteiger partial charge is 0.0634 e. The van der Waals surface area contributed by atoms with Crippen LogP contribution < -0.4 is 10.6 Å². The number of nitrogens with one attached hydrogen (secondary N) is 2. The van der Waals surface area contributed by atoms with E-state index in [0.29, 0.717) is 6.04 Å². The van der Waals surface area contributed by atoms with Crippen LogP contribution in [0.15, 0.2) is 18.5 Å². The third-order valence-electron chi connectivity index (χ3n) is 2.01. The van der Waals surface area contributed by atoms with Gasteiger partial charge in [0.2, 0.25) is 0 Å². The summed E-state index contributed by atoms with van der Waals surface area (Å²) in [6.07, 6.45) is 3.42. The van der Waals surface area contributed by atoms with Crippen LogP contribution in [0.2, 0.25) is 5.02 Å². The van der Waals surface area contributed by atoms with Gasteiger partial charge in [-0.25, -0.2) is 0 Å². The Morgan fingerprint density at radius 1 is 1.57 bits per heavy atom. The number of hydrogen-bond donors (Lipinski definition) is 2. The third kappa shape index (κ3) is 3.62. The summed E-state index contributed by atoms with van der Waals surface area (Å²) in [6, 6.07) is 2.37. The molecule has 0 saturated heterocycles. The predicted molar refractivity (Wildman–Crippen MR) is 59.5 cm³/mol. The fourth-order valence-electron chi connectivity index (χ4n) is 1.21. The summed E-state index contributed by atoms with van der Waals surface area (Å²) in [4.78, 5) is 3.94. The van der Waals surface area contributed by atoms with E-state index >= 15 is 0 Å². The van der Waals surface area contributed by atoms with Gasteiger partial charge in [0.25, 0.3) is 0 Å². The first-order chi connectivity index (χ1) is 6.74. The van der Waals surface area contributed by atoms with E-state index in [-0.39, 0.29) is 0 Å². The fraction of sp³-hybridized carbons (Fsp3) is 0.500. The average Bonchev–Trinajstić information content (AvgIpc) is 2.17. The van der Waals surface area contributed by atoms with Gasteiger partial charge in [0.15, 0.2) is 0 Å². The second-order valence-electron chi connectivity index (χ2n) is 3.31. The van der Waals surface area contributed by atoms with Gasteiger partial charge in [0.05, 0.1) is 5.02 Å². The van der Waals surface area contributed by atoms with Crippen LogP contribution in [0.3, 0.4) is 0 Å². The zero-order chi connectivity index (χ0) is 10.4. The lowest BCUT2D eigenvalue weighted by molar-refractivity contribution is 0.523. The number of aromatic nitrogens is 1. The van der Waals surface area contributed by atoms with Crippen molar-refractivity contribution < 1.29 is 0 Å². The van der Waals surface area contributed by atoms with Crippen molar-refractivity contribution in [2.24, 2.45) is 0 Å². The van der Waals surface area contributed by atoms with Gasteiger partial charge < -0.3 is 10.6 Å². The Morgan fingerprint density at radius 3 is 3.00 bits per heavy atom. The monoisotopic (exact) mass is 213 g/mol. The highest BCUT2D eigenvalue weighted by Crippen LogP contribution is 2.12. The van der Waals surface area contributed by atoms with Crippen molar-refractivity contribution in [1.29, 1.82) is 0 Å². The Labute approximate surface area is 89.9 Å². The maximum Gasteiger partial charge on any atom is 0.0634 e. The van der Waals surface area contributed by atoms with Crippen LogP contribution in [-0.4, -0.2) is 24.6 Å². The second kappa shape index (κ2) is 5.96. The van der Waals surface area contributed by atoms with Crippen molar-refractivity contribution in [3.8, 4) is 0 Å². The van der Waals surface area contributed by atoms with Crippen LogP contribution in [0.25, 0.3) is 0 Å². The highest BCUT2D eigenvalue weighted by molar-refractivity contribution is 6.31. The second-order valence-corrected chi connectivity index (χ2v) is 3.71. The molecule has 0 amide bonds. The molecule has 4 heteroatoms. The van der Waals surface area contributed by atoms with Crippen molar-refractivity contribution in [1.82, 2.24) is 15.6 Å². The van der Waals surface area contributed by atoms with Crippen molar-refractivity contribution >= 4 is 11.6 Å². The predicted octanol–water partition coefficient (Wildman–Crippen LogP) is 1.43. The first-order valence-electron chi connectivity index (χ1n) is 4.70. The van der Waals surface area contributed by atoms with Gasteiger partial charge in [-0.05, 0) is 25.6 Å². The average molecular weight is 214 g/mol. The van der Waals surface area contributed by atoms with E-state index in [4.69, 9.17) is 11.6 Å². The SMILES string of the molecule is CNCC(C)NCc1ccncc1Cl. The number of nitrogens with zero attached hydrogens (tertiary/aromatic N) is 1. The maximum absolute atomic E-state index is 5.97. The molecule has 2 N–H and O–H groups in total. The van der Waals surface area contributed by atoms with Crippen LogP contribution in [0, 0.1) is 0 Å². The summed E-state index contributed by atoms with van der Waals surface area (Å²) in [6.45, 7) is 3.86. The number of likely N-dealkylation sites (N-methyl/N-ethyl adjacent to an activating group) is 1. The Kier molecular flexibility index (Phi) is 4.87. The standard InChI is InChI=1S/C10H16ClN3/c1-8(5-12-2)14-6-9-3-4-13-7-10(9)11/h3-4,7-8,12,14H,5-6H2,1-2H3. The summed E-state index contributed by atoms with van der Waals surface area (Å²) >= 11 is 5.97. The van der Waals surface area contributed by atoms with Crippen LogP contribution in [0.1, 0.15) is 12.5 Å². The number of rotatable bonds is 5. The largest absolute Gasteiger partial charge is 0.318 e. The van der Waals surface area contributed by atoms with Crippen molar-refractivity contribution in [2.45, 2.75) is 19.5 Å². The van der Waals surface area contributed by atoms with Gasteiger partial charge in [-0.15, -0.1) is 0 Å². The fourth-order valence-corrected chi connectivity index (χ4v) is 1.40. The van der Waals surface area contributed by atoms with Crippen LogP contribution in [0.5, 0.6) is 0 Å². The molecule has 0 aliphatic heterocycles. The molecule has 3 nitrogen and oxygen atoms in total. The lowest BCUT2D eigenvalue weighted by Gasteiger charge is -2.13. The lowest BCUT2D eigenvalue weighted by atomic mass is 10.2. The van der Waals surface area contributed by atoms with E-state index in [9.17, 15) is 0 Å². The van der Waals surface area contributed by atoms with E-state index < -0.39 is 0 Å². The molecule has 0 radical (unpaired) electrons. The van der Waals surface area contributed by atoms with E-state index in [1.165, 1.54) is 0 Å². The molecule has 1 unspecified atom stereocenters. The molecule has 0 bridgehead atoms. The molecule has 0 spiro atoms. The molecule has 0 fully saturated rings. The maximum atomic E-state index is 5.97. The number of pyridine rings is 1. The van der Waals surface area contributed by atoms with Crippen molar-refractivity contribution in [3.63, 3.8) is 0 Å².